The molecule has 64 valence electrons. The van der Waals surface area contributed by atoms with Crippen molar-refractivity contribution in [2.45, 2.75) is 19.4 Å². The fourth-order valence-corrected chi connectivity index (χ4v) is 1.17. The Labute approximate surface area is 66.3 Å². The lowest BCUT2D eigenvalue weighted by Crippen LogP contribution is -2.66. The summed E-state index contributed by atoms with van der Waals surface area (Å²) in [6, 6.07) is 0. The molecule has 0 aromatic carbocycles. The Morgan fingerprint density at radius 3 is 2.64 bits per heavy atom. The summed E-state index contributed by atoms with van der Waals surface area (Å²) in [6.45, 7) is 5.34. The molecule has 0 bridgehead atoms. The fourth-order valence-electron chi connectivity index (χ4n) is 1.17. The minimum absolute atomic E-state index is 0.202. The van der Waals surface area contributed by atoms with Crippen molar-refractivity contribution in [3.05, 3.63) is 0 Å². The van der Waals surface area contributed by atoms with Crippen LogP contribution >= 0.6 is 0 Å². The molecule has 0 aromatic heterocycles. The van der Waals surface area contributed by atoms with E-state index in [-0.39, 0.29) is 11.6 Å². The maximum Gasteiger partial charge on any atom is 0.409 e. The van der Waals surface area contributed by atoms with Gasteiger partial charge in [0.15, 0.2) is 0 Å². The van der Waals surface area contributed by atoms with Gasteiger partial charge in [0, 0.05) is 18.6 Å². The van der Waals surface area contributed by atoms with E-state index in [2.05, 4.69) is 0 Å². The zero-order valence-corrected chi connectivity index (χ0v) is 6.96. The van der Waals surface area contributed by atoms with Crippen LogP contribution in [0.2, 0.25) is 0 Å². The molecular weight excluding hydrogens is 144 g/mol. The van der Waals surface area contributed by atoms with E-state index in [4.69, 9.17) is 10.5 Å². The molecule has 1 aliphatic heterocycles. The molecule has 0 aliphatic carbocycles. The number of rotatable bonds is 1. The molecule has 2 N–H and O–H groups in total. The van der Waals surface area contributed by atoms with Gasteiger partial charge >= 0.3 is 6.09 Å². The number of amides is 1. The van der Waals surface area contributed by atoms with Crippen LogP contribution < -0.4 is 5.73 Å². The van der Waals surface area contributed by atoms with Crippen molar-refractivity contribution in [3.63, 3.8) is 0 Å². The molecule has 0 aromatic rings. The number of nitrogens with two attached hydrogens (primary N) is 1. The zero-order chi connectivity index (χ0) is 8.48. The average Bonchev–Trinajstić information content (AvgIpc) is 1.83. The smallest absolute Gasteiger partial charge is 0.409 e. The monoisotopic (exact) mass is 158 g/mol. The van der Waals surface area contributed by atoms with Crippen LogP contribution in [0.3, 0.4) is 0 Å². The summed E-state index contributed by atoms with van der Waals surface area (Å²) in [6.07, 6.45) is -0.254. The van der Waals surface area contributed by atoms with Gasteiger partial charge in [-0.05, 0) is 13.8 Å². The van der Waals surface area contributed by atoms with E-state index in [1.807, 2.05) is 6.92 Å². The summed E-state index contributed by atoms with van der Waals surface area (Å²) in [7, 11) is 0. The van der Waals surface area contributed by atoms with Gasteiger partial charge in [-0.15, -0.1) is 0 Å². The van der Waals surface area contributed by atoms with Crippen LogP contribution in [-0.2, 0) is 4.74 Å². The predicted molar refractivity (Wildman–Crippen MR) is 41.2 cm³/mol. The number of carbonyl (C=O) groups is 1. The fraction of sp³-hybridized carbons (Fsp3) is 0.857. The molecule has 1 aliphatic rings. The maximum atomic E-state index is 11.0. The molecular formula is C7H14N2O2. The van der Waals surface area contributed by atoms with Crippen LogP contribution in [0.15, 0.2) is 0 Å². The summed E-state index contributed by atoms with van der Waals surface area (Å²) >= 11 is 0. The Hall–Kier alpha value is -0.770. The average molecular weight is 158 g/mol. The number of ether oxygens (including phenoxy) is 1. The Kier molecular flexibility index (Phi) is 2.04. The van der Waals surface area contributed by atoms with Gasteiger partial charge in [0.25, 0.3) is 0 Å². The topological polar surface area (TPSA) is 55.6 Å². The van der Waals surface area contributed by atoms with Gasteiger partial charge in [-0.3, -0.25) is 0 Å². The number of likely N-dealkylation sites (tertiary alicyclic amines) is 1. The van der Waals surface area contributed by atoms with Gasteiger partial charge in [-0.1, -0.05) is 0 Å². The first-order valence-electron chi connectivity index (χ1n) is 3.76. The van der Waals surface area contributed by atoms with Crippen LogP contribution in [0.1, 0.15) is 13.8 Å². The molecule has 0 atom stereocenters. The zero-order valence-electron chi connectivity index (χ0n) is 6.96. The van der Waals surface area contributed by atoms with Crippen LogP contribution in [0, 0.1) is 0 Å². The van der Waals surface area contributed by atoms with E-state index in [1.54, 1.807) is 11.8 Å². The Bertz CT molecular complexity index is 160. The molecule has 11 heavy (non-hydrogen) atoms. The second-order valence-corrected chi connectivity index (χ2v) is 3.21. The summed E-state index contributed by atoms with van der Waals surface area (Å²) in [4.78, 5) is 12.6. The molecule has 1 saturated heterocycles. The summed E-state index contributed by atoms with van der Waals surface area (Å²) in [5.41, 5.74) is 5.49. The van der Waals surface area contributed by atoms with E-state index in [1.165, 1.54) is 0 Å². The third-order valence-electron chi connectivity index (χ3n) is 1.63. The molecule has 0 spiro atoms. The van der Waals surface area contributed by atoms with Crippen molar-refractivity contribution in [2.24, 2.45) is 5.73 Å². The number of nitrogens with zero attached hydrogens (tertiary/aromatic N) is 1. The number of hydrogen-bond donors (Lipinski definition) is 1. The van der Waals surface area contributed by atoms with Crippen LogP contribution in [-0.4, -0.2) is 36.2 Å². The molecule has 1 fully saturated rings. The summed E-state index contributed by atoms with van der Waals surface area (Å²) in [5, 5.41) is 0. The minimum atomic E-state index is -0.254. The first kappa shape index (κ1) is 8.33. The molecule has 0 unspecified atom stereocenters. The van der Waals surface area contributed by atoms with Crippen molar-refractivity contribution >= 4 is 6.09 Å². The van der Waals surface area contributed by atoms with E-state index < -0.39 is 0 Å². The van der Waals surface area contributed by atoms with E-state index in [0.29, 0.717) is 19.7 Å². The highest BCUT2D eigenvalue weighted by Gasteiger charge is 2.38. The van der Waals surface area contributed by atoms with E-state index in [0.717, 1.165) is 0 Å². The van der Waals surface area contributed by atoms with Crippen molar-refractivity contribution < 1.29 is 9.53 Å². The number of hydrogen-bond acceptors (Lipinski definition) is 3. The largest absolute Gasteiger partial charge is 0.450 e. The highest BCUT2D eigenvalue weighted by Crippen LogP contribution is 2.17. The predicted octanol–water partition coefficient (Wildman–Crippen LogP) is 0.176. The molecule has 0 radical (unpaired) electrons. The lowest BCUT2D eigenvalue weighted by molar-refractivity contribution is 0.0494. The second-order valence-electron chi connectivity index (χ2n) is 3.21. The quantitative estimate of drug-likeness (QED) is 0.592. The van der Waals surface area contributed by atoms with Gasteiger partial charge in [0.2, 0.25) is 0 Å². The molecule has 0 saturated carbocycles. The van der Waals surface area contributed by atoms with Gasteiger partial charge < -0.3 is 15.4 Å². The molecule has 1 amide bonds. The van der Waals surface area contributed by atoms with Crippen molar-refractivity contribution in [1.29, 1.82) is 0 Å². The number of carbonyl (C=O) groups excluding carboxylic acids is 1. The molecule has 4 heteroatoms. The Morgan fingerprint density at radius 2 is 2.27 bits per heavy atom. The van der Waals surface area contributed by atoms with Crippen molar-refractivity contribution in [1.82, 2.24) is 4.90 Å². The Morgan fingerprint density at radius 1 is 1.73 bits per heavy atom. The lowest BCUT2D eigenvalue weighted by Gasteiger charge is -2.44. The highest BCUT2D eigenvalue weighted by molar-refractivity contribution is 5.69. The minimum Gasteiger partial charge on any atom is -0.450 e. The Balaban J connectivity index is 2.27. The maximum absolute atomic E-state index is 11.0. The van der Waals surface area contributed by atoms with Gasteiger partial charge in [0.05, 0.1) is 6.61 Å². The molecule has 1 rings (SSSR count). The third kappa shape index (κ3) is 1.83. The van der Waals surface area contributed by atoms with Crippen molar-refractivity contribution in [2.75, 3.05) is 19.7 Å². The SMILES string of the molecule is CCOC(=O)N1CC(C)(N)C1. The standard InChI is InChI=1S/C7H14N2O2/c1-3-11-6(10)9-4-7(2,8)5-9/h3-5,8H2,1-2H3. The normalized spacial score (nSPS) is 20.8. The summed E-state index contributed by atoms with van der Waals surface area (Å²) in [5.74, 6) is 0. The lowest BCUT2D eigenvalue weighted by atomic mass is 9.95. The molecule has 4 nitrogen and oxygen atoms in total. The third-order valence-corrected chi connectivity index (χ3v) is 1.63. The highest BCUT2D eigenvalue weighted by atomic mass is 16.6. The van der Waals surface area contributed by atoms with E-state index in [9.17, 15) is 4.79 Å². The summed E-state index contributed by atoms with van der Waals surface area (Å²) < 4.78 is 4.77. The van der Waals surface area contributed by atoms with Crippen molar-refractivity contribution in [3.8, 4) is 0 Å². The van der Waals surface area contributed by atoms with Crippen LogP contribution in [0.25, 0.3) is 0 Å². The second kappa shape index (κ2) is 2.70. The van der Waals surface area contributed by atoms with Gasteiger partial charge in [-0.2, -0.15) is 0 Å². The van der Waals surface area contributed by atoms with Crippen LogP contribution in [0.5, 0.6) is 0 Å². The molecule has 1 heterocycles. The van der Waals surface area contributed by atoms with E-state index >= 15 is 0 Å². The van der Waals surface area contributed by atoms with Gasteiger partial charge in [0.1, 0.15) is 0 Å². The van der Waals surface area contributed by atoms with Crippen LogP contribution in [0.4, 0.5) is 4.79 Å². The first-order chi connectivity index (χ1) is 5.05. The first-order valence-corrected chi connectivity index (χ1v) is 3.76. The van der Waals surface area contributed by atoms with Gasteiger partial charge in [-0.25, -0.2) is 4.79 Å².